The van der Waals surface area contributed by atoms with Gasteiger partial charge in [-0.2, -0.15) is 13.2 Å². The smallest absolute Gasteiger partial charge is 0.349 e. The zero-order chi connectivity index (χ0) is 17.3. The van der Waals surface area contributed by atoms with Crippen molar-refractivity contribution in [2.45, 2.75) is 6.18 Å². The maximum Gasteiger partial charge on any atom is 0.418 e. The van der Waals surface area contributed by atoms with Crippen molar-refractivity contribution in [3.8, 4) is 11.3 Å². The quantitative estimate of drug-likeness (QED) is 0.624. The highest BCUT2D eigenvalue weighted by Gasteiger charge is 2.39. The molecule has 0 saturated carbocycles. The van der Waals surface area contributed by atoms with Crippen LogP contribution in [0, 0.1) is 0 Å². The van der Waals surface area contributed by atoms with E-state index < -0.39 is 17.5 Å². The molecule has 2 nitrogen and oxygen atoms in total. The van der Waals surface area contributed by atoms with E-state index in [9.17, 15) is 18.0 Å². The first-order chi connectivity index (χ1) is 11.4. The summed E-state index contributed by atoms with van der Waals surface area (Å²) in [5.74, 6) is -0.637. The van der Waals surface area contributed by atoms with Crippen LogP contribution in [0.4, 0.5) is 13.2 Å². The summed E-state index contributed by atoms with van der Waals surface area (Å²) in [6, 6.07) is 16.6. The topological polar surface area (TPSA) is 22.0 Å². The molecule has 0 aliphatic heterocycles. The molecule has 1 heterocycles. The van der Waals surface area contributed by atoms with Crippen LogP contribution in [-0.2, 0) is 13.2 Å². The second-order valence-electron chi connectivity index (χ2n) is 5.44. The van der Waals surface area contributed by atoms with Gasteiger partial charge in [0.15, 0.2) is 5.78 Å². The number of hydrogen-bond donors (Lipinski definition) is 0. The van der Waals surface area contributed by atoms with Crippen LogP contribution < -0.4 is 0 Å². The van der Waals surface area contributed by atoms with E-state index in [0.29, 0.717) is 5.56 Å². The molecule has 0 spiro atoms. The third-order valence-corrected chi connectivity index (χ3v) is 3.80. The lowest BCUT2D eigenvalue weighted by atomic mass is 9.96. The number of halogens is 3. The van der Waals surface area contributed by atoms with Gasteiger partial charge in [0.2, 0.25) is 0 Å². The normalized spacial score (nSPS) is 11.5. The van der Waals surface area contributed by atoms with Gasteiger partial charge in [-0.05, 0) is 5.56 Å². The molecule has 5 heteroatoms. The van der Waals surface area contributed by atoms with E-state index >= 15 is 0 Å². The Morgan fingerprint density at radius 1 is 0.917 bits per heavy atom. The van der Waals surface area contributed by atoms with Gasteiger partial charge in [-0.1, -0.05) is 60.7 Å². The maximum absolute atomic E-state index is 13.5. The van der Waals surface area contributed by atoms with Gasteiger partial charge >= 0.3 is 6.18 Å². The first-order valence-corrected chi connectivity index (χ1v) is 7.31. The highest BCUT2D eigenvalue weighted by atomic mass is 19.4. The molecular formula is C19H14F3NO. The number of benzene rings is 2. The first-order valence-electron chi connectivity index (χ1n) is 7.31. The number of ketones is 1. The number of hydrogen-bond acceptors (Lipinski definition) is 1. The fourth-order valence-corrected chi connectivity index (χ4v) is 2.75. The Kier molecular flexibility index (Phi) is 4.01. The summed E-state index contributed by atoms with van der Waals surface area (Å²) in [4.78, 5) is 12.8. The zero-order valence-corrected chi connectivity index (χ0v) is 12.8. The molecule has 0 fully saturated rings. The fraction of sp³-hybridized carbons (Fsp3) is 0.105. The molecule has 0 unspecified atom stereocenters. The number of aryl methyl sites for hydroxylation is 1. The van der Waals surface area contributed by atoms with E-state index in [0.717, 1.165) is 6.20 Å². The minimum Gasteiger partial charge on any atom is -0.349 e. The van der Waals surface area contributed by atoms with Crippen molar-refractivity contribution in [2.75, 3.05) is 0 Å². The molecule has 0 aliphatic rings. The molecule has 2 aromatic carbocycles. The van der Waals surface area contributed by atoms with Crippen molar-refractivity contribution in [3.05, 3.63) is 83.6 Å². The molecule has 0 saturated heterocycles. The molecule has 24 heavy (non-hydrogen) atoms. The van der Waals surface area contributed by atoms with Gasteiger partial charge in [-0.15, -0.1) is 0 Å². The van der Waals surface area contributed by atoms with Gasteiger partial charge in [-0.3, -0.25) is 4.79 Å². The summed E-state index contributed by atoms with van der Waals surface area (Å²) in [6.45, 7) is 0. The van der Waals surface area contributed by atoms with Gasteiger partial charge in [0.1, 0.15) is 0 Å². The Bertz CT molecular complexity index is 865. The van der Waals surface area contributed by atoms with Crippen molar-refractivity contribution >= 4 is 5.78 Å². The van der Waals surface area contributed by atoms with Gasteiger partial charge in [-0.25, -0.2) is 0 Å². The average molecular weight is 329 g/mol. The third-order valence-electron chi connectivity index (χ3n) is 3.80. The van der Waals surface area contributed by atoms with Gasteiger partial charge in [0.05, 0.1) is 16.8 Å². The Labute approximate surface area is 137 Å². The largest absolute Gasteiger partial charge is 0.418 e. The van der Waals surface area contributed by atoms with Crippen LogP contribution in [0.3, 0.4) is 0 Å². The highest BCUT2D eigenvalue weighted by Crippen LogP contribution is 2.39. The van der Waals surface area contributed by atoms with Crippen LogP contribution in [-0.4, -0.2) is 10.4 Å². The summed E-state index contributed by atoms with van der Waals surface area (Å²) < 4.78 is 41.8. The lowest BCUT2D eigenvalue weighted by molar-refractivity contribution is -0.137. The monoisotopic (exact) mass is 329 g/mol. The number of nitrogens with zero attached hydrogens (tertiary/aromatic N) is 1. The summed E-state index contributed by atoms with van der Waals surface area (Å²) in [6.07, 6.45) is -3.64. The number of rotatable bonds is 3. The van der Waals surface area contributed by atoms with Crippen LogP contribution in [0.5, 0.6) is 0 Å². The van der Waals surface area contributed by atoms with E-state index in [2.05, 4.69) is 0 Å². The average Bonchev–Trinajstić information content (AvgIpc) is 2.93. The van der Waals surface area contributed by atoms with Crippen molar-refractivity contribution in [2.24, 2.45) is 7.05 Å². The van der Waals surface area contributed by atoms with Gasteiger partial charge < -0.3 is 4.57 Å². The SMILES string of the molecule is Cn1cc(C(F)(F)F)c(C(=O)c2ccccc2)c1-c1ccccc1. The lowest BCUT2D eigenvalue weighted by Crippen LogP contribution is -2.12. The van der Waals surface area contributed by atoms with Gasteiger partial charge in [0, 0.05) is 18.8 Å². The van der Waals surface area contributed by atoms with Crippen LogP contribution in [0.2, 0.25) is 0 Å². The molecule has 1 aromatic heterocycles. The van der Waals surface area contributed by atoms with E-state index in [1.165, 1.54) is 23.7 Å². The molecule has 0 amide bonds. The molecule has 3 aromatic rings. The van der Waals surface area contributed by atoms with Crippen molar-refractivity contribution in [3.63, 3.8) is 0 Å². The minimum atomic E-state index is -4.61. The van der Waals surface area contributed by atoms with E-state index in [4.69, 9.17) is 0 Å². The third kappa shape index (κ3) is 2.85. The van der Waals surface area contributed by atoms with Crippen LogP contribution in [0.15, 0.2) is 66.9 Å². The Hall–Kier alpha value is -2.82. The number of aromatic nitrogens is 1. The Morgan fingerprint density at radius 2 is 1.46 bits per heavy atom. The molecule has 0 N–H and O–H groups in total. The van der Waals surface area contributed by atoms with Crippen molar-refractivity contribution in [1.82, 2.24) is 4.57 Å². The van der Waals surface area contributed by atoms with Crippen molar-refractivity contribution < 1.29 is 18.0 Å². The maximum atomic E-state index is 13.5. The predicted octanol–water partition coefficient (Wildman–Crippen LogP) is 4.94. The van der Waals surface area contributed by atoms with Gasteiger partial charge in [0.25, 0.3) is 0 Å². The second-order valence-corrected chi connectivity index (χ2v) is 5.44. The van der Waals surface area contributed by atoms with Crippen LogP contribution in [0.1, 0.15) is 21.5 Å². The van der Waals surface area contributed by atoms with E-state index in [-0.39, 0.29) is 16.8 Å². The lowest BCUT2D eigenvalue weighted by Gasteiger charge is -2.10. The first kappa shape index (κ1) is 16.1. The summed E-state index contributed by atoms with van der Waals surface area (Å²) >= 11 is 0. The minimum absolute atomic E-state index is 0.228. The molecule has 3 rings (SSSR count). The molecule has 0 radical (unpaired) electrons. The highest BCUT2D eigenvalue weighted by molar-refractivity contribution is 6.13. The Morgan fingerprint density at radius 3 is 2.00 bits per heavy atom. The fourth-order valence-electron chi connectivity index (χ4n) is 2.75. The summed E-state index contributed by atoms with van der Waals surface area (Å²) in [7, 11) is 1.51. The van der Waals surface area contributed by atoms with E-state index in [1.54, 1.807) is 48.5 Å². The molecule has 122 valence electrons. The number of carbonyl (C=O) groups is 1. The van der Waals surface area contributed by atoms with Crippen molar-refractivity contribution in [1.29, 1.82) is 0 Å². The summed E-state index contributed by atoms with van der Waals surface area (Å²) in [5, 5.41) is 0. The number of carbonyl (C=O) groups excluding carboxylic acids is 1. The predicted molar refractivity (Wildman–Crippen MR) is 85.7 cm³/mol. The molecule has 0 atom stereocenters. The second kappa shape index (κ2) is 6.00. The van der Waals surface area contributed by atoms with Crippen LogP contribution in [0.25, 0.3) is 11.3 Å². The number of alkyl halides is 3. The summed E-state index contributed by atoms with van der Waals surface area (Å²) in [5.41, 5.74) is -0.182. The van der Waals surface area contributed by atoms with Crippen LogP contribution >= 0.6 is 0 Å². The molecular weight excluding hydrogens is 315 g/mol. The molecule has 0 bridgehead atoms. The standard InChI is InChI=1S/C19H14F3NO/c1-23-12-15(19(20,21)22)16(17(23)13-8-4-2-5-9-13)18(24)14-10-6-3-7-11-14/h2-12H,1H3. The van der Waals surface area contributed by atoms with E-state index in [1.807, 2.05) is 0 Å². The molecule has 0 aliphatic carbocycles. The Balaban J connectivity index is 2.28. The zero-order valence-electron chi connectivity index (χ0n) is 12.8.